The van der Waals surface area contributed by atoms with Crippen molar-refractivity contribution in [1.82, 2.24) is 19.6 Å². The predicted octanol–water partition coefficient (Wildman–Crippen LogP) is 2.10. The van der Waals surface area contributed by atoms with Crippen molar-refractivity contribution in [2.75, 3.05) is 52.5 Å². The van der Waals surface area contributed by atoms with Crippen LogP contribution in [-0.2, 0) is 16.0 Å². The van der Waals surface area contributed by atoms with E-state index in [9.17, 15) is 0 Å². The number of nitrogens with zero attached hydrogens (tertiary/aromatic N) is 4. The SMILES string of the molecule is Cc1nn(-c2ccccc2)cc1CN1CCCO[C@H](CN2CCOCC2)C1. The molecule has 2 fully saturated rings. The predicted molar refractivity (Wildman–Crippen MR) is 105 cm³/mol. The molecule has 0 radical (unpaired) electrons. The molecule has 0 amide bonds. The number of hydrogen-bond acceptors (Lipinski definition) is 5. The second kappa shape index (κ2) is 8.97. The van der Waals surface area contributed by atoms with Gasteiger partial charge in [0.2, 0.25) is 0 Å². The lowest BCUT2D eigenvalue weighted by Crippen LogP contribution is -2.44. The molecule has 1 atom stereocenters. The summed E-state index contributed by atoms with van der Waals surface area (Å²) in [6.45, 7) is 10.7. The summed E-state index contributed by atoms with van der Waals surface area (Å²) in [5, 5.41) is 4.72. The van der Waals surface area contributed by atoms with Gasteiger partial charge in [-0.2, -0.15) is 5.10 Å². The molecule has 2 aliphatic heterocycles. The Bertz CT molecular complexity index is 712. The van der Waals surface area contributed by atoms with Crippen LogP contribution in [0.1, 0.15) is 17.7 Å². The highest BCUT2D eigenvalue weighted by Crippen LogP contribution is 2.16. The molecule has 1 aromatic heterocycles. The number of morpholine rings is 1. The Balaban J connectivity index is 1.39. The van der Waals surface area contributed by atoms with Gasteiger partial charge in [0.25, 0.3) is 0 Å². The number of hydrogen-bond donors (Lipinski definition) is 0. The van der Waals surface area contributed by atoms with Crippen molar-refractivity contribution >= 4 is 0 Å². The first-order chi connectivity index (χ1) is 13.3. The van der Waals surface area contributed by atoms with Gasteiger partial charge in [-0.1, -0.05) is 18.2 Å². The summed E-state index contributed by atoms with van der Waals surface area (Å²) in [7, 11) is 0. The molecule has 0 unspecified atom stereocenters. The van der Waals surface area contributed by atoms with E-state index in [2.05, 4.69) is 35.1 Å². The van der Waals surface area contributed by atoms with Gasteiger partial charge < -0.3 is 9.47 Å². The highest BCUT2D eigenvalue weighted by Gasteiger charge is 2.23. The van der Waals surface area contributed by atoms with Crippen LogP contribution in [0.25, 0.3) is 5.69 Å². The Morgan fingerprint density at radius 3 is 2.67 bits per heavy atom. The van der Waals surface area contributed by atoms with Crippen LogP contribution in [0.4, 0.5) is 0 Å². The van der Waals surface area contributed by atoms with E-state index in [0.29, 0.717) is 0 Å². The Morgan fingerprint density at radius 1 is 1.04 bits per heavy atom. The highest BCUT2D eigenvalue weighted by atomic mass is 16.5. The summed E-state index contributed by atoms with van der Waals surface area (Å²) in [6, 6.07) is 10.3. The lowest BCUT2D eigenvalue weighted by molar-refractivity contribution is -0.0123. The van der Waals surface area contributed by atoms with Crippen molar-refractivity contribution in [3.63, 3.8) is 0 Å². The van der Waals surface area contributed by atoms with Gasteiger partial charge in [0.15, 0.2) is 0 Å². The Hall–Kier alpha value is -1.73. The largest absolute Gasteiger partial charge is 0.379 e. The zero-order chi connectivity index (χ0) is 18.5. The van der Waals surface area contributed by atoms with E-state index < -0.39 is 0 Å². The zero-order valence-electron chi connectivity index (χ0n) is 16.2. The minimum absolute atomic E-state index is 0.273. The summed E-state index contributed by atoms with van der Waals surface area (Å²) in [5.41, 5.74) is 3.51. The normalized spacial score (nSPS) is 22.6. The lowest BCUT2D eigenvalue weighted by atomic mass is 10.2. The zero-order valence-corrected chi connectivity index (χ0v) is 16.2. The molecule has 6 nitrogen and oxygen atoms in total. The van der Waals surface area contributed by atoms with Crippen LogP contribution in [0.2, 0.25) is 0 Å². The van der Waals surface area contributed by atoms with E-state index in [4.69, 9.17) is 14.6 Å². The third kappa shape index (κ3) is 4.96. The molecule has 6 heteroatoms. The van der Waals surface area contributed by atoms with Crippen molar-refractivity contribution in [3.8, 4) is 5.69 Å². The Labute approximate surface area is 161 Å². The smallest absolute Gasteiger partial charge is 0.0828 e. The van der Waals surface area contributed by atoms with Crippen LogP contribution >= 0.6 is 0 Å². The number of aryl methyl sites for hydroxylation is 1. The molecule has 0 spiro atoms. The summed E-state index contributed by atoms with van der Waals surface area (Å²) in [6.07, 6.45) is 3.54. The van der Waals surface area contributed by atoms with E-state index in [0.717, 1.165) is 76.9 Å². The van der Waals surface area contributed by atoms with Crippen LogP contribution in [-0.4, -0.2) is 78.2 Å². The second-order valence-electron chi connectivity index (χ2n) is 7.51. The summed E-state index contributed by atoms with van der Waals surface area (Å²) >= 11 is 0. The third-order valence-corrected chi connectivity index (χ3v) is 5.41. The number of rotatable bonds is 5. The van der Waals surface area contributed by atoms with Crippen molar-refractivity contribution < 1.29 is 9.47 Å². The molecule has 4 rings (SSSR count). The minimum atomic E-state index is 0.273. The number of benzene rings is 1. The molecule has 1 aromatic carbocycles. The van der Waals surface area contributed by atoms with Gasteiger partial charge in [-0.05, 0) is 25.5 Å². The number of para-hydroxylation sites is 1. The topological polar surface area (TPSA) is 42.8 Å². The fraction of sp³-hybridized carbons (Fsp3) is 0.571. The van der Waals surface area contributed by atoms with E-state index >= 15 is 0 Å². The average molecular weight is 370 g/mol. The first-order valence-electron chi connectivity index (χ1n) is 10.0. The molecular formula is C21H30N4O2. The van der Waals surface area contributed by atoms with Crippen LogP contribution < -0.4 is 0 Å². The van der Waals surface area contributed by atoms with Crippen LogP contribution in [0.3, 0.4) is 0 Å². The van der Waals surface area contributed by atoms with Gasteiger partial charge in [-0.15, -0.1) is 0 Å². The quantitative estimate of drug-likeness (QED) is 0.806. The van der Waals surface area contributed by atoms with Gasteiger partial charge in [0.1, 0.15) is 0 Å². The minimum Gasteiger partial charge on any atom is -0.379 e. The molecule has 0 saturated carbocycles. The van der Waals surface area contributed by atoms with Gasteiger partial charge in [0, 0.05) is 57.6 Å². The Morgan fingerprint density at radius 2 is 1.85 bits per heavy atom. The summed E-state index contributed by atoms with van der Waals surface area (Å²) in [4.78, 5) is 4.99. The molecule has 0 bridgehead atoms. The van der Waals surface area contributed by atoms with E-state index in [1.165, 1.54) is 5.56 Å². The maximum atomic E-state index is 6.13. The second-order valence-corrected chi connectivity index (χ2v) is 7.51. The van der Waals surface area contributed by atoms with E-state index in [-0.39, 0.29) is 6.10 Å². The van der Waals surface area contributed by atoms with Crippen molar-refractivity contribution in [2.24, 2.45) is 0 Å². The fourth-order valence-electron chi connectivity index (χ4n) is 3.90. The van der Waals surface area contributed by atoms with E-state index in [1.54, 1.807) is 0 Å². The molecule has 3 heterocycles. The van der Waals surface area contributed by atoms with Gasteiger partial charge in [-0.25, -0.2) is 4.68 Å². The third-order valence-electron chi connectivity index (χ3n) is 5.41. The van der Waals surface area contributed by atoms with E-state index in [1.807, 2.05) is 22.9 Å². The number of aromatic nitrogens is 2. The van der Waals surface area contributed by atoms with Crippen LogP contribution in [0.15, 0.2) is 36.5 Å². The van der Waals surface area contributed by atoms with Crippen LogP contribution in [0.5, 0.6) is 0 Å². The molecule has 146 valence electrons. The summed E-state index contributed by atoms with van der Waals surface area (Å²) in [5.74, 6) is 0. The molecule has 2 aliphatic rings. The van der Waals surface area contributed by atoms with Gasteiger partial charge >= 0.3 is 0 Å². The average Bonchev–Trinajstić information content (AvgIpc) is 2.92. The molecule has 0 aliphatic carbocycles. The number of ether oxygens (including phenoxy) is 2. The fourth-order valence-corrected chi connectivity index (χ4v) is 3.90. The lowest BCUT2D eigenvalue weighted by Gasteiger charge is -2.31. The van der Waals surface area contributed by atoms with Crippen molar-refractivity contribution in [1.29, 1.82) is 0 Å². The first-order valence-corrected chi connectivity index (χ1v) is 10.0. The van der Waals surface area contributed by atoms with Gasteiger partial charge in [0.05, 0.1) is 30.7 Å². The maximum absolute atomic E-state index is 6.13. The molecule has 0 N–H and O–H groups in total. The highest BCUT2D eigenvalue weighted by molar-refractivity contribution is 5.32. The van der Waals surface area contributed by atoms with Crippen molar-refractivity contribution in [3.05, 3.63) is 47.8 Å². The maximum Gasteiger partial charge on any atom is 0.0828 e. The molecule has 2 saturated heterocycles. The van der Waals surface area contributed by atoms with Crippen molar-refractivity contribution in [2.45, 2.75) is 26.0 Å². The Kier molecular flexibility index (Phi) is 6.19. The molecule has 27 heavy (non-hydrogen) atoms. The van der Waals surface area contributed by atoms with Crippen LogP contribution in [0, 0.1) is 6.92 Å². The monoisotopic (exact) mass is 370 g/mol. The standard InChI is InChI=1S/C21H30N4O2/c1-18-19(15-25(22-18)20-6-3-2-4-7-20)14-24-8-5-11-27-21(17-24)16-23-9-12-26-13-10-23/h2-4,6-7,15,21H,5,8-14,16-17H2,1H3/t21-/m1/s1. The summed E-state index contributed by atoms with van der Waals surface area (Å²) < 4.78 is 13.6. The first kappa shape index (κ1) is 18.6. The van der Waals surface area contributed by atoms with Gasteiger partial charge in [-0.3, -0.25) is 9.80 Å². The molecular weight excluding hydrogens is 340 g/mol. The molecule has 2 aromatic rings.